The first kappa shape index (κ1) is 15.8. The number of nitrogens with one attached hydrogen (secondary N) is 1. The molecule has 19 heavy (non-hydrogen) atoms. The van der Waals surface area contributed by atoms with Gasteiger partial charge >= 0.3 is 12.0 Å². The van der Waals surface area contributed by atoms with Crippen LogP contribution in [0.1, 0.15) is 34.1 Å². The number of hydrogen-bond acceptors (Lipinski definition) is 3. The molecule has 0 aromatic carbocycles. The number of aliphatic hydroxyl groups is 1. The Bertz CT molecular complexity index is 351. The van der Waals surface area contributed by atoms with Crippen LogP contribution < -0.4 is 5.32 Å². The van der Waals surface area contributed by atoms with Crippen molar-refractivity contribution in [1.29, 1.82) is 0 Å². The van der Waals surface area contributed by atoms with Gasteiger partial charge in [-0.25, -0.2) is 9.59 Å². The Balaban J connectivity index is 2.56. The number of carboxylic acids is 1. The van der Waals surface area contributed by atoms with Crippen molar-refractivity contribution in [3.8, 4) is 0 Å². The third kappa shape index (κ3) is 4.09. The van der Waals surface area contributed by atoms with Gasteiger partial charge in [0.15, 0.2) is 0 Å². The van der Waals surface area contributed by atoms with Gasteiger partial charge in [-0.15, -0.1) is 0 Å². The molecule has 3 N–H and O–H groups in total. The molecule has 3 atom stereocenters. The Morgan fingerprint density at radius 1 is 1.42 bits per heavy atom. The predicted molar refractivity (Wildman–Crippen MR) is 70.8 cm³/mol. The third-order valence-electron chi connectivity index (χ3n) is 3.86. The Morgan fingerprint density at radius 3 is 2.47 bits per heavy atom. The summed E-state index contributed by atoms with van der Waals surface area (Å²) in [7, 11) is 0. The Morgan fingerprint density at radius 2 is 2.00 bits per heavy atom. The van der Waals surface area contributed by atoms with Crippen molar-refractivity contribution in [3.63, 3.8) is 0 Å². The van der Waals surface area contributed by atoms with E-state index in [1.807, 2.05) is 6.92 Å². The molecular weight excluding hydrogens is 248 g/mol. The lowest BCUT2D eigenvalue weighted by Gasteiger charge is -2.29. The van der Waals surface area contributed by atoms with Gasteiger partial charge in [0.05, 0.1) is 6.10 Å². The summed E-state index contributed by atoms with van der Waals surface area (Å²) in [5.41, 5.74) is 0.0734. The molecule has 2 amide bonds. The van der Waals surface area contributed by atoms with Crippen LogP contribution in [-0.2, 0) is 4.79 Å². The maximum atomic E-state index is 12.0. The molecule has 0 spiro atoms. The lowest BCUT2D eigenvalue weighted by molar-refractivity contribution is -0.141. The van der Waals surface area contributed by atoms with Crippen LogP contribution in [0.5, 0.6) is 0 Å². The summed E-state index contributed by atoms with van der Waals surface area (Å²) in [4.78, 5) is 24.2. The normalized spacial score (nSPS) is 25.2. The highest BCUT2D eigenvalue weighted by molar-refractivity contribution is 5.83. The zero-order valence-electron chi connectivity index (χ0n) is 12.0. The fourth-order valence-electron chi connectivity index (χ4n) is 1.92. The van der Waals surface area contributed by atoms with Gasteiger partial charge in [0.1, 0.15) is 6.04 Å². The van der Waals surface area contributed by atoms with Gasteiger partial charge in [0, 0.05) is 19.5 Å². The molecule has 1 fully saturated rings. The van der Waals surface area contributed by atoms with E-state index in [-0.39, 0.29) is 24.3 Å². The second-order valence-corrected chi connectivity index (χ2v) is 6.35. The van der Waals surface area contributed by atoms with Crippen LogP contribution in [-0.4, -0.2) is 52.3 Å². The van der Waals surface area contributed by atoms with Crippen LogP contribution >= 0.6 is 0 Å². The topological polar surface area (TPSA) is 89.9 Å². The minimum absolute atomic E-state index is 0.0734. The summed E-state index contributed by atoms with van der Waals surface area (Å²) in [5.74, 6) is -0.803. The van der Waals surface area contributed by atoms with Gasteiger partial charge < -0.3 is 20.4 Å². The first-order valence-electron chi connectivity index (χ1n) is 6.58. The molecule has 1 aliphatic rings. The molecular formula is C13H24N2O4. The first-order valence-corrected chi connectivity index (χ1v) is 6.58. The van der Waals surface area contributed by atoms with Gasteiger partial charge in [0.25, 0.3) is 0 Å². The number of carboxylic acid groups (broad SMARTS) is 1. The number of carbonyl (C=O) groups excluding carboxylic acids is 1. The van der Waals surface area contributed by atoms with Crippen molar-refractivity contribution >= 4 is 12.0 Å². The molecule has 1 rings (SSSR count). The molecule has 1 saturated heterocycles. The number of aliphatic carboxylic acids is 1. The molecule has 0 aliphatic carbocycles. The number of β-amino-alcohol motifs (C(OH)–C–C–N with tert-alkyl or cyclic N) is 1. The van der Waals surface area contributed by atoms with Gasteiger partial charge in [0.2, 0.25) is 0 Å². The molecule has 6 heteroatoms. The highest BCUT2D eigenvalue weighted by Crippen LogP contribution is 2.24. The first-order chi connectivity index (χ1) is 8.62. The quantitative estimate of drug-likeness (QED) is 0.712. The smallest absolute Gasteiger partial charge is 0.326 e. The van der Waals surface area contributed by atoms with Gasteiger partial charge in [-0.3, -0.25) is 0 Å². The summed E-state index contributed by atoms with van der Waals surface area (Å²) in [6.07, 6.45) is -0.663. The fraction of sp³-hybridized carbons (Fsp3) is 0.846. The monoisotopic (exact) mass is 272 g/mol. The fourth-order valence-corrected chi connectivity index (χ4v) is 1.92. The molecule has 0 saturated carbocycles. The van der Waals surface area contributed by atoms with Gasteiger partial charge in [-0.1, -0.05) is 27.7 Å². The predicted octanol–water partition coefficient (Wildman–Crippen LogP) is 0.898. The number of rotatable bonds is 3. The highest BCUT2D eigenvalue weighted by Gasteiger charge is 2.39. The lowest BCUT2D eigenvalue weighted by Crippen LogP contribution is -2.47. The van der Waals surface area contributed by atoms with Crippen molar-refractivity contribution < 1.29 is 19.8 Å². The highest BCUT2D eigenvalue weighted by atomic mass is 16.4. The summed E-state index contributed by atoms with van der Waals surface area (Å²) in [5, 5.41) is 21.3. The maximum Gasteiger partial charge on any atom is 0.326 e. The second-order valence-electron chi connectivity index (χ2n) is 6.35. The van der Waals surface area contributed by atoms with E-state index in [4.69, 9.17) is 5.11 Å². The molecule has 6 nitrogen and oxygen atoms in total. The van der Waals surface area contributed by atoms with Crippen molar-refractivity contribution in [3.05, 3.63) is 0 Å². The van der Waals surface area contributed by atoms with Crippen LogP contribution in [0.15, 0.2) is 0 Å². The van der Waals surface area contributed by atoms with Crippen molar-refractivity contribution in [2.24, 2.45) is 11.3 Å². The van der Waals surface area contributed by atoms with Crippen LogP contribution in [0.4, 0.5) is 4.79 Å². The third-order valence-corrected chi connectivity index (χ3v) is 3.86. The molecule has 110 valence electrons. The minimum atomic E-state index is -1.07. The molecule has 3 unspecified atom stereocenters. The van der Waals surface area contributed by atoms with Gasteiger partial charge in [-0.2, -0.15) is 0 Å². The Kier molecular flexibility index (Phi) is 4.79. The van der Waals surface area contributed by atoms with E-state index in [1.165, 1.54) is 4.90 Å². The van der Waals surface area contributed by atoms with Crippen molar-refractivity contribution in [2.45, 2.75) is 46.3 Å². The van der Waals surface area contributed by atoms with Crippen LogP contribution in [0.2, 0.25) is 0 Å². The SMILES string of the molecule is CC(CNC(=O)N1CC(O)CC1C(=O)O)C(C)(C)C. The average molecular weight is 272 g/mol. The largest absolute Gasteiger partial charge is 0.480 e. The van der Waals surface area contributed by atoms with Crippen LogP contribution in [0, 0.1) is 11.3 Å². The lowest BCUT2D eigenvalue weighted by atomic mass is 9.82. The van der Waals surface area contributed by atoms with Crippen LogP contribution in [0.25, 0.3) is 0 Å². The van der Waals surface area contributed by atoms with E-state index in [2.05, 4.69) is 26.1 Å². The van der Waals surface area contributed by atoms with Crippen molar-refractivity contribution in [2.75, 3.05) is 13.1 Å². The van der Waals surface area contributed by atoms with E-state index in [9.17, 15) is 14.7 Å². The van der Waals surface area contributed by atoms with E-state index in [0.29, 0.717) is 6.54 Å². The molecule has 1 aliphatic heterocycles. The van der Waals surface area contributed by atoms with Crippen molar-refractivity contribution in [1.82, 2.24) is 10.2 Å². The van der Waals surface area contributed by atoms with E-state index < -0.39 is 24.1 Å². The van der Waals surface area contributed by atoms with Crippen LogP contribution in [0.3, 0.4) is 0 Å². The Hall–Kier alpha value is -1.30. The van der Waals surface area contributed by atoms with Gasteiger partial charge in [-0.05, 0) is 11.3 Å². The zero-order chi connectivity index (χ0) is 14.8. The number of hydrogen-bond donors (Lipinski definition) is 3. The summed E-state index contributed by atoms with van der Waals surface area (Å²) >= 11 is 0. The van der Waals surface area contributed by atoms with E-state index in [0.717, 1.165) is 0 Å². The summed E-state index contributed by atoms with van der Waals surface area (Å²) in [6, 6.07) is -1.35. The second kappa shape index (κ2) is 5.77. The van der Waals surface area contributed by atoms with E-state index in [1.54, 1.807) is 0 Å². The number of likely N-dealkylation sites (tertiary alicyclic amines) is 1. The Labute approximate surface area is 113 Å². The number of carbonyl (C=O) groups is 2. The summed E-state index contributed by atoms with van der Waals surface area (Å²) in [6.45, 7) is 8.86. The number of nitrogens with zero attached hydrogens (tertiary/aromatic N) is 1. The maximum absolute atomic E-state index is 12.0. The average Bonchev–Trinajstić information content (AvgIpc) is 2.66. The molecule has 0 bridgehead atoms. The molecule has 1 heterocycles. The number of amides is 2. The minimum Gasteiger partial charge on any atom is -0.480 e. The van der Waals surface area contributed by atoms with E-state index >= 15 is 0 Å². The zero-order valence-corrected chi connectivity index (χ0v) is 12.0. The molecule has 0 aromatic heterocycles. The molecule has 0 aromatic rings. The summed E-state index contributed by atoms with van der Waals surface area (Å²) < 4.78 is 0. The number of urea groups is 1. The standard InChI is InChI=1S/C13H24N2O4/c1-8(13(2,3)4)6-14-12(19)15-7-9(16)5-10(15)11(17)18/h8-10,16H,5-7H2,1-4H3,(H,14,19)(H,17,18). The molecule has 0 radical (unpaired) electrons. The number of aliphatic hydroxyl groups excluding tert-OH is 1.